The third-order valence-electron chi connectivity index (χ3n) is 4.11. The minimum Gasteiger partial charge on any atom is -0.392 e. The summed E-state index contributed by atoms with van der Waals surface area (Å²) in [6, 6.07) is 13.0. The Hall–Kier alpha value is -1.38. The van der Waals surface area contributed by atoms with Crippen LogP contribution in [0.2, 0.25) is 24.2 Å². The van der Waals surface area contributed by atoms with Gasteiger partial charge < -0.3 is 5.11 Å². The molecule has 0 atom stereocenters. The molecule has 21 heavy (non-hydrogen) atoms. The first-order chi connectivity index (χ1) is 10.2. The van der Waals surface area contributed by atoms with E-state index < -0.39 is 8.07 Å². The van der Waals surface area contributed by atoms with E-state index in [2.05, 4.69) is 50.1 Å². The van der Waals surface area contributed by atoms with Crippen molar-refractivity contribution >= 4 is 8.07 Å². The summed E-state index contributed by atoms with van der Waals surface area (Å²) < 4.78 is 0. The first-order valence-corrected chi connectivity index (χ1v) is 10.5. The van der Waals surface area contributed by atoms with Crippen molar-refractivity contribution in [1.82, 2.24) is 0 Å². The van der Waals surface area contributed by atoms with Gasteiger partial charge in [0, 0.05) is 0 Å². The summed E-state index contributed by atoms with van der Waals surface area (Å²) in [5.74, 6) is 0. The summed E-state index contributed by atoms with van der Waals surface area (Å²) in [6.45, 7) is 11.9. The van der Waals surface area contributed by atoms with E-state index in [1.165, 1.54) is 18.0 Å². The van der Waals surface area contributed by atoms with Gasteiger partial charge in [-0.05, 0) is 35.7 Å². The van der Waals surface area contributed by atoms with Crippen LogP contribution in [0.5, 0.6) is 0 Å². The zero-order chi connectivity index (χ0) is 15.6. The van der Waals surface area contributed by atoms with Crippen LogP contribution in [-0.2, 0) is 13.0 Å². The molecule has 0 heterocycles. The number of aryl methyl sites for hydroxylation is 1. The Balaban J connectivity index is 2.60. The summed E-state index contributed by atoms with van der Waals surface area (Å²) >= 11 is 0. The van der Waals surface area contributed by atoms with Gasteiger partial charge in [-0.25, -0.2) is 0 Å². The highest BCUT2D eigenvalue weighted by molar-refractivity contribution is 6.81. The maximum absolute atomic E-state index is 9.07. The predicted molar refractivity (Wildman–Crippen MR) is 96.3 cm³/mol. The number of aliphatic hydroxyl groups is 1. The fourth-order valence-corrected chi connectivity index (χ4v) is 6.83. The van der Waals surface area contributed by atoms with Crippen LogP contribution in [0, 0.1) is 0 Å². The van der Waals surface area contributed by atoms with Crippen LogP contribution in [0.15, 0.2) is 62.2 Å². The molecule has 114 valence electrons. The van der Waals surface area contributed by atoms with Crippen LogP contribution in [0.25, 0.3) is 0 Å². The average Bonchev–Trinajstić information content (AvgIpc) is 2.49. The van der Waals surface area contributed by atoms with Crippen molar-refractivity contribution in [2.45, 2.75) is 43.6 Å². The standard InChI is InChI=1S/C19H28OSi/c1-4-13-21(14-5-2,15-6-3)16-7-8-18-9-11-19(17-20)12-10-18/h4-6,9-12,20H,1-3,7-8,13-17H2. The van der Waals surface area contributed by atoms with Crippen LogP contribution in [0.4, 0.5) is 0 Å². The predicted octanol–water partition coefficient (Wildman–Crippen LogP) is 5.12. The summed E-state index contributed by atoms with van der Waals surface area (Å²) in [5, 5.41) is 9.07. The molecule has 0 fully saturated rings. The van der Waals surface area contributed by atoms with E-state index in [1.54, 1.807) is 0 Å². The minimum atomic E-state index is -1.36. The highest BCUT2D eigenvalue weighted by Crippen LogP contribution is 2.29. The van der Waals surface area contributed by atoms with Crippen molar-refractivity contribution < 1.29 is 5.11 Å². The lowest BCUT2D eigenvalue weighted by atomic mass is 10.1. The molecule has 0 unspecified atom stereocenters. The van der Waals surface area contributed by atoms with Gasteiger partial charge in [0.2, 0.25) is 0 Å². The van der Waals surface area contributed by atoms with Crippen molar-refractivity contribution in [3.63, 3.8) is 0 Å². The average molecular weight is 301 g/mol. The normalized spacial score (nSPS) is 11.1. The molecule has 1 nitrogen and oxygen atoms in total. The lowest BCUT2D eigenvalue weighted by Crippen LogP contribution is -2.32. The van der Waals surface area contributed by atoms with Crippen LogP contribution >= 0.6 is 0 Å². The molecular weight excluding hydrogens is 272 g/mol. The highest BCUT2D eigenvalue weighted by atomic mass is 28.3. The van der Waals surface area contributed by atoms with Crippen molar-refractivity contribution in [3.8, 4) is 0 Å². The number of hydrogen-bond donors (Lipinski definition) is 1. The zero-order valence-electron chi connectivity index (χ0n) is 13.1. The van der Waals surface area contributed by atoms with Crippen LogP contribution < -0.4 is 0 Å². The van der Waals surface area contributed by atoms with E-state index in [4.69, 9.17) is 5.11 Å². The molecule has 0 bridgehead atoms. The Morgan fingerprint density at radius 1 is 0.857 bits per heavy atom. The van der Waals surface area contributed by atoms with E-state index in [1.807, 2.05) is 12.1 Å². The van der Waals surface area contributed by atoms with Crippen molar-refractivity contribution in [2.24, 2.45) is 0 Å². The van der Waals surface area contributed by atoms with Crippen molar-refractivity contribution in [2.75, 3.05) is 0 Å². The zero-order valence-corrected chi connectivity index (χ0v) is 14.1. The van der Waals surface area contributed by atoms with Gasteiger partial charge in [0.1, 0.15) is 0 Å². The largest absolute Gasteiger partial charge is 0.392 e. The van der Waals surface area contributed by atoms with E-state index in [0.29, 0.717) is 0 Å². The Labute approximate surface area is 130 Å². The van der Waals surface area contributed by atoms with Gasteiger partial charge in [0.05, 0.1) is 14.7 Å². The number of rotatable bonds is 11. The Morgan fingerprint density at radius 2 is 1.33 bits per heavy atom. The molecule has 0 amide bonds. The quantitative estimate of drug-likeness (QED) is 0.444. The monoisotopic (exact) mass is 300 g/mol. The second-order valence-corrected chi connectivity index (χ2v) is 10.5. The van der Waals surface area contributed by atoms with E-state index in [-0.39, 0.29) is 6.61 Å². The van der Waals surface area contributed by atoms with Crippen molar-refractivity contribution in [1.29, 1.82) is 0 Å². The summed E-state index contributed by atoms with van der Waals surface area (Å²) in [5.41, 5.74) is 2.33. The first kappa shape index (κ1) is 17.7. The fourth-order valence-electron chi connectivity index (χ4n) is 2.95. The molecule has 0 aliphatic rings. The summed E-state index contributed by atoms with van der Waals surface area (Å²) in [7, 11) is -1.36. The molecular formula is C19H28OSi. The maximum atomic E-state index is 9.07. The van der Waals surface area contributed by atoms with Gasteiger partial charge in [-0.2, -0.15) is 0 Å². The number of aliphatic hydroxyl groups excluding tert-OH is 1. The van der Waals surface area contributed by atoms with Gasteiger partial charge in [-0.15, -0.1) is 19.7 Å². The second-order valence-electron chi connectivity index (χ2n) is 5.81. The number of hydrogen-bond acceptors (Lipinski definition) is 1. The first-order valence-electron chi connectivity index (χ1n) is 7.71. The van der Waals surface area contributed by atoms with Gasteiger partial charge in [-0.1, -0.05) is 55.0 Å². The molecule has 0 aliphatic carbocycles. The molecule has 1 N–H and O–H groups in total. The van der Waals surface area contributed by atoms with E-state index in [0.717, 1.165) is 30.1 Å². The molecule has 0 saturated carbocycles. The molecule has 1 rings (SSSR count). The summed E-state index contributed by atoms with van der Waals surface area (Å²) in [6.07, 6.45) is 8.55. The highest BCUT2D eigenvalue weighted by Gasteiger charge is 2.27. The van der Waals surface area contributed by atoms with Crippen LogP contribution in [0.1, 0.15) is 17.5 Å². The Bertz CT molecular complexity index is 421. The molecule has 2 heteroatoms. The molecule has 0 radical (unpaired) electrons. The summed E-state index contributed by atoms with van der Waals surface area (Å²) in [4.78, 5) is 0. The van der Waals surface area contributed by atoms with Gasteiger partial charge >= 0.3 is 0 Å². The maximum Gasteiger partial charge on any atom is 0.0681 e. The van der Waals surface area contributed by atoms with Crippen molar-refractivity contribution in [3.05, 3.63) is 73.4 Å². The fraction of sp³-hybridized carbons (Fsp3) is 0.368. The third kappa shape index (κ3) is 5.86. The molecule has 0 aliphatic heterocycles. The number of allylic oxidation sites excluding steroid dienone is 3. The number of benzene rings is 1. The lowest BCUT2D eigenvalue weighted by molar-refractivity contribution is 0.282. The molecule has 0 spiro atoms. The SMILES string of the molecule is C=CC[Si](CC=C)(CC=C)CCCc1ccc(CO)cc1. The Morgan fingerprint density at radius 3 is 1.76 bits per heavy atom. The van der Waals surface area contributed by atoms with Crippen LogP contribution in [-0.4, -0.2) is 13.2 Å². The third-order valence-corrected chi connectivity index (χ3v) is 8.99. The van der Waals surface area contributed by atoms with Gasteiger partial charge in [0.15, 0.2) is 0 Å². The molecule has 1 aromatic carbocycles. The van der Waals surface area contributed by atoms with E-state index in [9.17, 15) is 0 Å². The van der Waals surface area contributed by atoms with Crippen LogP contribution in [0.3, 0.4) is 0 Å². The minimum absolute atomic E-state index is 0.119. The molecule has 0 saturated heterocycles. The van der Waals surface area contributed by atoms with Gasteiger partial charge in [-0.3, -0.25) is 0 Å². The Kier molecular flexibility index (Phi) is 8.02. The van der Waals surface area contributed by atoms with Gasteiger partial charge in [0.25, 0.3) is 0 Å². The molecule has 0 aromatic heterocycles. The second kappa shape index (κ2) is 9.53. The lowest BCUT2D eigenvalue weighted by Gasteiger charge is -2.28. The van der Waals surface area contributed by atoms with E-state index >= 15 is 0 Å². The smallest absolute Gasteiger partial charge is 0.0681 e. The molecule has 1 aromatic rings. The topological polar surface area (TPSA) is 20.2 Å².